The second-order valence-corrected chi connectivity index (χ2v) is 4.52. The molecule has 0 saturated carbocycles. The Kier molecular flexibility index (Phi) is 9.21. The van der Waals surface area contributed by atoms with Crippen LogP contribution in [0.3, 0.4) is 0 Å². The smallest absolute Gasteiger partial charge is 0.139 e. The molecule has 96 valence electrons. The van der Waals surface area contributed by atoms with Gasteiger partial charge in [0.15, 0.2) is 0 Å². The fraction of sp³-hybridized carbons (Fsp3) is 0.786. The average Bonchev–Trinajstić information content (AvgIpc) is 2.72. The van der Waals surface area contributed by atoms with Crippen LogP contribution in [0.5, 0.6) is 0 Å². The minimum absolute atomic E-state index is 0.0939. The lowest BCUT2D eigenvalue weighted by Gasteiger charge is -2.12. The zero-order chi connectivity index (χ0) is 13.4. The van der Waals surface area contributed by atoms with Gasteiger partial charge in [-0.15, -0.1) is 0 Å². The van der Waals surface area contributed by atoms with E-state index in [1.807, 2.05) is 33.8 Å². The monoisotopic (exact) mass is 227 g/mol. The van der Waals surface area contributed by atoms with Gasteiger partial charge in [-0.05, 0) is 0 Å². The lowest BCUT2D eigenvalue weighted by molar-refractivity contribution is 0.354. The van der Waals surface area contributed by atoms with E-state index in [2.05, 4.69) is 39.8 Å². The maximum absolute atomic E-state index is 5.20. The Morgan fingerprint density at radius 2 is 1.50 bits per heavy atom. The van der Waals surface area contributed by atoms with Crippen molar-refractivity contribution in [3.05, 3.63) is 17.5 Å². The van der Waals surface area contributed by atoms with Gasteiger partial charge in [0.05, 0.1) is 5.69 Å². The minimum atomic E-state index is 0.0939. The van der Waals surface area contributed by atoms with Crippen LogP contribution < -0.4 is 0 Å². The van der Waals surface area contributed by atoms with Gasteiger partial charge in [-0.25, -0.2) is 0 Å². The van der Waals surface area contributed by atoms with Crippen LogP contribution in [0.1, 0.15) is 79.7 Å². The van der Waals surface area contributed by atoms with Crippen molar-refractivity contribution in [2.24, 2.45) is 0 Å². The molecule has 0 aromatic carbocycles. The van der Waals surface area contributed by atoms with Crippen molar-refractivity contribution in [1.82, 2.24) is 5.16 Å². The van der Waals surface area contributed by atoms with Crippen molar-refractivity contribution in [3.8, 4) is 0 Å². The predicted octanol–water partition coefficient (Wildman–Crippen LogP) is 5.15. The number of hydrogen-bond donors (Lipinski definition) is 0. The highest BCUT2D eigenvalue weighted by Gasteiger charge is 2.19. The molecule has 0 amide bonds. The van der Waals surface area contributed by atoms with Crippen LogP contribution in [0.2, 0.25) is 0 Å². The van der Waals surface area contributed by atoms with Crippen molar-refractivity contribution in [2.45, 2.75) is 73.6 Å². The maximum atomic E-state index is 5.20. The van der Waals surface area contributed by atoms with Crippen molar-refractivity contribution in [3.63, 3.8) is 0 Å². The maximum Gasteiger partial charge on any atom is 0.139 e. The molecule has 0 atom stereocenters. The lowest BCUT2D eigenvalue weighted by Crippen LogP contribution is -2.10. The van der Waals surface area contributed by atoms with E-state index in [0.717, 1.165) is 11.5 Å². The first-order chi connectivity index (χ1) is 7.41. The molecular formula is C14H29NO. The van der Waals surface area contributed by atoms with Crippen LogP contribution in [0.4, 0.5) is 0 Å². The van der Waals surface area contributed by atoms with Crippen molar-refractivity contribution in [2.75, 3.05) is 0 Å². The molecule has 2 heteroatoms. The average molecular weight is 227 g/mol. The first-order valence-electron chi connectivity index (χ1n) is 6.38. The van der Waals surface area contributed by atoms with E-state index in [4.69, 9.17) is 4.52 Å². The summed E-state index contributed by atoms with van der Waals surface area (Å²) in [6, 6.07) is 2.05. The second-order valence-electron chi connectivity index (χ2n) is 4.52. The predicted molar refractivity (Wildman–Crippen MR) is 72.0 cm³/mol. The Morgan fingerprint density at radius 3 is 1.69 bits per heavy atom. The van der Waals surface area contributed by atoms with Crippen LogP contribution in [0, 0.1) is 0 Å². The second kappa shape index (κ2) is 8.37. The molecule has 0 saturated heterocycles. The molecular weight excluding hydrogens is 198 g/mol. The quantitative estimate of drug-likeness (QED) is 0.663. The van der Waals surface area contributed by atoms with Crippen molar-refractivity contribution >= 4 is 0 Å². The number of rotatable bonds is 1. The SMILES string of the molecule is CC.CC.CC(C)c1cc(C(C)(C)C)no1. The van der Waals surface area contributed by atoms with E-state index in [0.29, 0.717) is 5.92 Å². The first-order valence-corrected chi connectivity index (χ1v) is 6.38. The summed E-state index contributed by atoms with van der Waals surface area (Å²) in [7, 11) is 0. The zero-order valence-electron chi connectivity index (χ0n) is 12.5. The van der Waals surface area contributed by atoms with E-state index in [-0.39, 0.29) is 5.41 Å². The number of nitrogens with zero attached hydrogens (tertiary/aromatic N) is 1. The number of hydrogen-bond acceptors (Lipinski definition) is 2. The highest BCUT2D eigenvalue weighted by Crippen LogP contribution is 2.24. The molecule has 2 nitrogen and oxygen atoms in total. The molecule has 0 unspecified atom stereocenters. The van der Waals surface area contributed by atoms with Gasteiger partial charge in [0, 0.05) is 17.4 Å². The Morgan fingerprint density at radius 1 is 1.06 bits per heavy atom. The van der Waals surface area contributed by atoms with Gasteiger partial charge in [-0.2, -0.15) is 0 Å². The van der Waals surface area contributed by atoms with E-state index in [9.17, 15) is 0 Å². The van der Waals surface area contributed by atoms with E-state index in [1.165, 1.54) is 0 Å². The third kappa shape index (κ3) is 5.94. The van der Waals surface area contributed by atoms with Crippen molar-refractivity contribution < 1.29 is 4.52 Å². The van der Waals surface area contributed by atoms with E-state index >= 15 is 0 Å². The standard InChI is InChI=1S/C10H17NO.2C2H6/c1-7(2)8-6-9(11-12-8)10(3,4)5;2*1-2/h6-7H,1-5H3;2*1-2H3. The molecule has 1 rings (SSSR count). The fourth-order valence-corrected chi connectivity index (χ4v) is 0.915. The Bertz CT molecular complexity index is 256. The molecule has 0 aliphatic carbocycles. The molecule has 0 aliphatic heterocycles. The third-order valence-corrected chi connectivity index (χ3v) is 1.87. The van der Waals surface area contributed by atoms with E-state index in [1.54, 1.807) is 0 Å². The van der Waals surface area contributed by atoms with Crippen LogP contribution in [-0.2, 0) is 5.41 Å². The van der Waals surface area contributed by atoms with Gasteiger partial charge >= 0.3 is 0 Å². The first kappa shape index (κ1) is 17.6. The lowest BCUT2D eigenvalue weighted by atomic mass is 9.92. The summed E-state index contributed by atoms with van der Waals surface area (Å²) in [5.74, 6) is 1.40. The fourth-order valence-electron chi connectivity index (χ4n) is 0.915. The summed E-state index contributed by atoms with van der Waals surface area (Å²) in [5, 5.41) is 4.03. The molecule has 1 aromatic heterocycles. The van der Waals surface area contributed by atoms with Crippen LogP contribution >= 0.6 is 0 Å². The molecule has 1 heterocycles. The van der Waals surface area contributed by atoms with Gasteiger partial charge in [0.25, 0.3) is 0 Å². The molecule has 0 fully saturated rings. The molecule has 0 spiro atoms. The third-order valence-electron chi connectivity index (χ3n) is 1.87. The van der Waals surface area contributed by atoms with Crippen LogP contribution in [0.25, 0.3) is 0 Å². The van der Waals surface area contributed by atoms with Crippen LogP contribution in [-0.4, -0.2) is 5.16 Å². The summed E-state index contributed by atoms with van der Waals surface area (Å²) in [5.41, 5.74) is 1.13. The van der Waals surface area contributed by atoms with Gasteiger partial charge in [0.2, 0.25) is 0 Å². The highest BCUT2D eigenvalue weighted by atomic mass is 16.5. The molecule has 0 aliphatic rings. The Labute approximate surface area is 101 Å². The topological polar surface area (TPSA) is 26.0 Å². The van der Waals surface area contributed by atoms with Gasteiger partial charge in [-0.1, -0.05) is 67.5 Å². The van der Waals surface area contributed by atoms with Gasteiger partial charge < -0.3 is 4.52 Å². The van der Waals surface area contributed by atoms with E-state index < -0.39 is 0 Å². The largest absolute Gasteiger partial charge is 0.361 e. The summed E-state index contributed by atoms with van der Waals surface area (Å²) < 4.78 is 5.20. The summed E-state index contributed by atoms with van der Waals surface area (Å²) in [6.07, 6.45) is 0. The summed E-state index contributed by atoms with van der Waals surface area (Å²) in [4.78, 5) is 0. The molecule has 0 bridgehead atoms. The Hall–Kier alpha value is -0.790. The highest BCUT2D eigenvalue weighted by molar-refractivity contribution is 5.15. The minimum Gasteiger partial charge on any atom is -0.361 e. The molecule has 0 radical (unpaired) electrons. The van der Waals surface area contributed by atoms with Gasteiger partial charge in [0.1, 0.15) is 5.76 Å². The number of aromatic nitrogens is 1. The summed E-state index contributed by atoms with van der Waals surface area (Å²) >= 11 is 0. The molecule has 1 aromatic rings. The van der Waals surface area contributed by atoms with Crippen LogP contribution in [0.15, 0.2) is 10.6 Å². The van der Waals surface area contributed by atoms with Gasteiger partial charge in [-0.3, -0.25) is 0 Å². The normalized spacial score (nSPS) is 10.1. The Balaban J connectivity index is 0. The van der Waals surface area contributed by atoms with Crippen molar-refractivity contribution in [1.29, 1.82) is 0 Å². The zero-order valence-corrected chi connectivity index (χ0v) is 12.5. The summed E-state index contributed by atoms with van der Waals surface area (Å²) in [6.45, 7) is 18.6. The molecule has 16 heavy (non-hydrogen) atoms. The molecule has 0 N–H and O–H groups in total.